The first kappa shape index (κ1) is 41.8. The fourth-order valence-corrected chi connectivity index (χ4v) is 6.28. The van der Waals surface area contributed by atoms with Crippen LogP contribution in [0.3, 0.4) is 0 Å². The van der Waals surface area contributed by atoms with Gasteiger partial charge in [-0.3, -0.25) is 14.8 Å². The van der Waals surface area contributed by atoms with Crippen molar-refractivity contribution in [2.24, 2.45) is 16.7 Å². The Hall–Kier alpha value is -3.60. The predicted octanol–water partition coefficient (Wildman–Crippen LogP) is 12.7. The van der Waals surface area contributed by atoms with E-state index in [9.17, 15) is 9.90 Å². The molecule has 3 aromatic heterocycles. The largest absolute Gasteiger partial charge is 0.512 e. The summed E-state index contributed by atoms with van der Waals surface area (Å²) in [6, 6.07) is 18.5. The summed E-state index contributed by atoms with van der Waals surface area (Å²) in [5.74, 6) is 0.830. The molecule has 2 aromatic carbocycles. The Kier molecular flexibility index (Phi) is 14.2. The van der Waals surface area contributed by atoms with Crippen LogP contribution in [0.15, 0.2) is 83.6 Å². The van der Waals surface area contributed by atoms with Crippen molar-refractivity contribution in [1.29, 1.82) is 0 Å². The number of aromatic nitrogens is 2. The van der Waals surface area contributed by atoms with Crippen molar-refractivity contribution < 1.29 is 34.4 Å². The molecule has 51 heavy (non-hydrogen) atoms. The number of pyridine rings is 2. The Morgan fingerprint density at radius 2 is 1.57 bits per heavy atom. The maximum atomic E-state index is 12.2. The van der Waals surface area contributed by atoms with Gasteiger partial charge in [0.2, 0.25) is 0 Å². The number of ketones is 1. The van der Waals surface area contributed by atoms with Gasteiger partial charge in [-0.1, -0.05) is 111 Å². The Labute approximate surface area is 319 Å². The minimum atomic E-state index is -0.337. The number of furan rings is 1. The summed E-state index contributed by atoms with van der Waals surface area (Å²) in [7, 11) is 0. The van der Waals surface area contributed by atoms with E-state index >= 15 is 0 Å². The predicted molar refractivity (Wildman–Crippen MR) is 209 cm³/mol. The number of allylic oxidation sites excluding steroid dienone is 2. The van der Waals surface area contributed by atoms with Gasteiger partial charge < -0.3 is 9.52 Å². The maximum absolute atomic E-state index is 12.2. The number of fused-ring (bicyclic) bond motifs is 2. The summed E-state index contributed by atoms with van der Waals surface area (Å²) >= 11 is 0. The van der Waals surface area contributed by atoms with Gasteiger partial charge >= 0.3 is 0 Å². The van der Waals surface area contributed by atoms with Gasteiger partial charge in [-0.15, -0.1) is 29.1 Å². The molecule has 0 amide bonds. The molecule has 275 valence electrons. The molecule has 0 fully saturated rings. The Morgan fingerprint density at radius 3 is 2.18 bits per heavy atom. The molecule has 0 saturated heterocycles. The average Bonchev–Trinajstić information content (AvgIpc) is 3.52. The average molecular weight is 866 g/mol. The third kappa shape index (κ3) is 9.45. The first-order valence-corrected chi connectivity index (χ1v) is 18.3. The van der Waals surface area contributed by atoms with Crippen LogP contribution in [0.4, 0.5) is 0 Å². The smallest absolute Gasteiger partial charge is 0.164 e. The standard InChI is InChI=1S/C30H29N2O.C15H28O2.Ir/c1-19(2)12-23-18-33-28-17-31-16-25(29(23)28)21-10-11-32-27(15-21)22-13-20-8-6-7-9-24(20)26(14-22)30(3,4)5;1-7-14(5,8-2)12(16)11-13(17)15(6,9-3)10-4;/h6-11,14-19H,12H2,1-5H3;11,16H,7-10H2,1-6H3;/q-1;;/b;12-11-;. The van der Waals surface area contributed by atoms with Crippen LogP contribution in [-0.2, 0) is 36.7 Å². The number of rotatable bonds is 11. The number of hydrogen-bond acceptors (Lipinski definition) is 5. The number of nitrogens with zero attached hydrogens (tertiary/aromatic N) is 2. The SMILES string of the molecule is CC(C)Cc1coc2cncc(-c3ccnc(-c4[c-]c5ccccc5c(C(C)(C)C)c4)c3)c12.CCC(C)(CC)C(=O)/C=C(\O)C(C)(CC)CC.[Ir]. The summed E-state index contributed by atoms with van der Waals surface area (Å²) in [6.07, 6.45) is 13.2. The van der Waals surface area contributed by atoms with Crippen molar-refractivity contribution in [3.05, 3.63) is 96.3 Å². The molecular formula is C45H57IrN2O3-. The molecule has 0 spiro atoms. The van der Waals surface area contributed by atoms with E-state index in [0.29, 0.717) is 5.92 Å². The summed E-state index contributed by atoms with van der Waals surface area (Å²) in [6.45, 7) is 23.3. The second-order valence-corrected chi connectivity index (χ2v) is 15.7. The third-order valence-electron chi connectivity index (χ3n) is 10.7. The fraction of sp³-hybridized carbons (Fsp3) is 0.444. The normalized spacial score (nSPS) is 12.5. The zero-order chi connectivity index (χ0) is 36.9. The molecule has 1 radical (unpaired) electrons. The minimum absolute atomic E-state index is 0. The Balaban J connectivity index is 0.000000335. The van der Waals surface area contributed by atoms with Crippen molar-refractivity contribution in [3.8, 4) is 22.4 Å². The number of hydrogen-bond donors (Lipinski definition) is 1. The zero-order valence-electron chi connectivity index (χ0n) is 32.5. The minimum Gasteiger partial charge on any atom is -0.512 e. The molecule has 0 bridgehead atoms. The number of carbonyl (C=O) groups is 1. The molecule has 0 unspecified atom stereocenters. The van der Waals surface area contributed by atoms with Crippen LogP contribution in [0.25, 0.3) is 44.1 Å². The van der Waals surface area contributed by atoms with Gasteiger partial charge in [-0.2, -0.15) is 0 Å². The van der Waals surface area contributed by atoms with Crippen molar-refractivity contribution in [3.63, 3.8) is 0 Å². The first-order chi connectivity index (χ1) is 23.6. The molecule has 6 heteroatoms. The van der Waals surface area contributed by atoms with Crippen molar-refractivity contribution in [2.45, 2.75) is 114 Å². The summed E-state index contributed by atoms with van der Waals surface area (Å²) in [4.78, 5) is 21.4. The molecule has 0 aliphatic heterocycles. The van der Waals surface area contributed by atoms with Gasteiger partial charge in [0, 0.05) is 66.0 Å². The van der Waals surface area contributed by atoms with Crippen LogP contribution >= 0.6 is 0 Å². The molecule has 0 atom stereocenters. The van der Waals surface area contributed by atoms with E-state index in [1.165, 1.54) is 22.6 Å². The van der Waals surface area contributed by atoms with Gasteiger partial charge in [0.15, 0.2) is 11.4 Å². The summed E-state index contributed by atoms with van der Waals surface area (Å²) < 4.78 is 5.84. The summed E-state index contributed by atoms with van der Waals surface area (Å²) in [5, 5.41) is 13.6. The van der Waals surface area contributed by atoms with E-state index in [2.05, 4.69) is 88.1 Å². The van der Waals surface area contributed by atoms with Crippen molar-refractivity contribution in [1.82, 2.24) is 9.97 Å². The van der Waals surface area contributed by atoms with Crippen molar-refractivity contribution >= 4 is 27.5 Å². The molecule has 0 aliphatic rings. The molecule has 3 heterocycles. The van der Waals surface area contributed by atoms with Crippen LogP contribution in [-0.4, -0.2) is 20.9 Å². The number of aliphatic hydroxyl groups excluding tert-OH is 1. The first-order valence-electron chi connectivity index (χ1n) is 18.3. The topological polar surface area (TPSA) is 76.2 Å². The van der Waals surface area contributed by atoms with Crippen molar-refractivity contribution in [2.75, 3.05) is 0 Å². The molecule has 5 rings (SSSR count). The number of aliphatic hydroxyl groups is 1. The van der Waals surface area contributed by atoms with Crippen LogP contribution in [0.1, 0.15) is 113 Å². The van der Waals surface area contributed by atoms with E-state index in [4.69, 9.17) is 9.40 Å². The number of benzene rings is 2. The Morgan fingerprint density at radius 1 is 0.922 bits per heavy atom. The molecule has 1 N–H and O–H groups in total. The Bertz CT molecular complexity index is 1960. The van der Waals surface area contributed by atoms with E-state index in [1.54, 1.807) is 6.20 Å². The van der Waals surface area contributed by atoms with Gasteiger partial charge in [0.1, 0.15) is 5.76 Å². The third-order valence-corrected chi connectivity index (χ3v) is 10.7. The zero-order valence-corrected chi connectivity index (χ0v) is 34.9. The van der Waals surface area contributed by atoms with E-state index in [-0.39, 0.29) is 47.9 Å². The fourth-order valence-electron chi connectivity index (χ4n) is 6.28. The van der Waals surface area contributed by atoms with Crippen LogP contribution in [0.2, 0.25) is 0 Å². The maximum Gasteiger partial charge on any atom is 0.164 e. The summed E-state index contributed by atoms with van der Waals surface area (Å²) in [5.41, 5.74) is 6.85. The van der Waals surface area contributed by atoms with Gasteiger partial charge in [0.05, 0.1) is 12.5 Å². The second-order valence-electron chi connectivity index (χ2n) is 15.7. The van der Waals surface area contributed by atoms with E-state index < -0.39 is 0 Å². The van der Waals surface area contributed by atoms with Crippen LogP contribution in [0, 0.1) is 22.8 Å². The monoisotopic (exact) mass is 866 g/mol. The van der Waals surface area contributed by atoms with Gasteiger partial charge in [-0.25, -0.2) is 0 Å². The molecule has 0 aliphatic carbocycles. The molecule has 5 aromatic rings. The number of carbonyl (C=O) groups excluding carboxylic acids is 1. The quantitative estimate of drug-likeness (QED) is 0.0813. The van der Waals surface area contributed by atoms with Gasteiger partial charge in [0.25, 0.3) is 0 Å². The van der Waals surface area contributed by atoms with Gasteiger partial charge in [-0.05, 0) is 60.6 Å². The second kappa shape index (κ2) is 17.3. The molecule has 5 nitrogen and oxygen atoms in total. The van der Waals surface area contributed by atoms with Crippen LogP contribution in [0.5, 0.6) is 0 Å². The van der Waals surface area contributed by atoms with E-state index in [0.717, 1.165) is 70.8 Å². The van der Waals surface area contributed by atoms with E-state index in [1.807, 2.05) is 60.2 Å². The molecular weight excluding hydrogens is 809 g/mol. The van der Waals surface area contributed by atoms with Crippen LogP contribution < -0.4 is 0 Å². The molecule has 0 saturated carbocycles.